The Hall–Kier alpha value is -0.576. The van der Waals surface area contributed by atoms with Gasteiger partial charge in [-0.25, -0.2) is 0 Å². The van der Waals surface area contributed by atoms with Gasteiger partial charge < -0.3 is 20.2 Å². The number of imide groups is 1. The zero-order valence-corrected chi connectivity index (χ0v) is 11.5. The Morgan fingerprint density at radius 3 is 1.81 bits per heavy atom. The van der Waals surface area contributed by atoms with E-state index in [9.17, 15) is 9.59 Å². The molecule has 0 unspecified atom stereocenters. The molecule has 1 fully saturated rings. The van der Waals surface area contributed by atoms with Crippen LogP contribution in [0.5, 0.6) is 0 Å². The molecule has 5 heteroatoms. The predicted octanol–water partition coefficient (Wildman–Crippen LogP) is 1.49. The minimum absolute atomic E-state index is 0. The molecule has 81 valence electrons. The van der Waals surface area contributed by atoms with Crippen molar-refractivity contribution in [1.82, 2.24) is 5.32 Å². The van der Waals surface area contributed by atoms with Crippen LogP contribution in [0.25, 0.3) is 5.32 Å². The van der Waals surface area contributed by atoms with Crippen LogP contribution in [0.1, 0.15) is 27.1 Å². The van der Waals surface area contributed by atoms with E-state index in [1.54, 1.807) is 24.3 Å². The second-order valence-electron chi connectivity index (χ2n) is 3.21. The maximum absolute atomic E-state index is 10.9. The minimum atomic E-state index is -0.425. The van der Waals surface area contributed by atoms with Gasteiger partial charge in [0.25, 0.3) is 0 Å². The smallest absolute Gasteiger partial charge is 0.0883 e. The van der Waals surface area contributed by atoms with Crippen molar-refractivity contribution in [2.75, 3.05) is 6.54 Å². The van der Waals surface area contributed by atoms with Crippen molar-refractivity contribution in [3.8, 4) is 0 Å². The van der Waals surface area contributed by atoms with Gasteiger partial charge in [0, 0.05) is 43.8 Å². The molecule has 1 aromatic rings. The Balaban J connectivity index is 0.000000219. The molecule has 2 heterocycles. The van der Waals surface area contributed by atoms with Gasteiger partial charge in [0.15, 0.2) is 0 Å². The first-order valence-corrected chi connectivity index (χ1v) is 4.73. The summed E-state index contributed by atoms with van der Waals surface area (Å²) in [6, 6.07) is 6.63. The SMILES string of the molecule is O=C1[N-]C(=O)c2ccccc21.[CH-]1CCN1.[Y]. The summed E-state index contributed by atoms with van der Waals surface area (Å²) in [4.78, 5) is 21.8. The van der Waals surface area contributed by atoms with Crippen LogP contribution in [0.3, 0.4) is 0 Å². The van der Waals surface area contributed by atoms with Gasteiger partial charge in [-0.05, 0) is 0 Å². The summed E-state index contributed by atoms with van der Waals surface area (Å²) < 4.78 is 0. The second-order valence-corrected chi connectivity index (χ2v) is 3.21. The van der Waals surface area contributed by atoms with Gasteiger partial charge in [-0.1, -0.05) is 30.8 Å². The van der Waals surface area contributed by atoms with Gasteiger partial charge in [-0.2, -0.15) is 6.42 Å². The van der Waals surface area contributed by atoms with Gasteiger partial charge in [-0.15, -0.1) is 0 Å². The number of nitrogens with one attached hydrogen (secondary N) is 1. The number of carbonyl (C=O) groups is 2. The number of rotatable bonds is 0. The van der Waals surface area contributed by atoms with Crippen LogP contribution in [-0.2, 0) is 32.7 Å². The standard InChI is InChI=1S/C8H5NO2.C3H6N.Y/c10-7-5-3-1-2-4-6(5)8(11)9-7;1-2-4-3-1;/h1-4H,(H,9,10,11);2,4H,1,3H2;/q;-1;/p-1. The van der Waals surface area contributed by atoms with E-state index in [1.165, 1.54) is 13.0 Å². The third-order valence-corrected chi connectivity index (χ3v) is 2.17. The summed E-state index contributed by atoms with van der Waals surface area (Å²) in [5, 5.41) is 6.27. The van der Waals surface area contributed by atoms with Gasteiger partial charge in [-0.3, -0.25) is 6.54 Å². The summed E-state index contributed by atoms with van der Waals surface area (Å²) >= 11 is 0. The molecule has 1 N–H and O–H groups in total. The zero-order valence-electron chi connectivity index (χ0n) is 8.64. The van der Waals surface area contributed by atoms with Gasteiger partial charge in [0.1, 0.15) is 0 Å². The van der Waals surface area contributed by atoms with Crippen molar-refractivity contribution in [1.29, 1.82) is 0 Å². The Morgan fingerprint density at radius 1 is 1.12 bits per heavy atom. The third-order valence-electron chi connectivity index (χ3n) is 2.17. The summed E-state index contributed by atoms with van der Waals surface area (Å²) in [6.07, 6.45) is 1.26. The Labute approximate surface area is 119 Å². The van der Waals surface area contributed by atoms with E-state index in [0.29, 0.717) is 11.1 Å². The van der Waals surface area contributed by atoms with E-state index >= 15 is 0 Å². The average molecular weight is 291 g/mol. The van der Waals surface area contributed by atoms with E-state index in [-0.39, 0.29) is 32.7 Å². The molecule has 0 bridgehead atoms. The van der Waals surface area contributed by atoms with Crippen LogP contribution >= 0.6 is 0 Å². The molecular formula is C11H10N2O2Y-2. The maximum atomic E-state index is 10.9. The van der Waals surface area contributed by atoms with Crippen molar-refractivity contribution in [2.24, 2.45) is 0 Å². The van der Waals surface area contributed by atoms with Crippen LogP contribution < -0.4 is 5.32 Å². The van der Waals surface area contributed by atoms with Crippen LogP contribution in [-0.4, -0.2) is 18.4 Å². The van der Waals surface area contributed by atoms with E-state index in [1.807, 2.05) is 0 Å². The summed E-state index contributed by atoms with van der Waals surface area (Å²) in [5.41, 5.74) is 0.829. The quantitative estimate of drug-likeness (QED) is 0.582. The molecule has 3 rings (SSSR count). The molecule has 1 radical (unpaired) electrons. The Kier molecular flexibility index (Phi) is 5.25. The van der Waals surface area contributed by atoms with Crippen molar-refractivity contribution in [3.05, 3.63) is 47.3 Å². The molecule has 0 atom stereocenters. The van der Waals surface area contributed by atoms with Crippen molar-refractivity contribution < 1.29 is 42.3 Å². The van der Waals surface area contributed by atoms with E-state index in [4.69, 9.17) is 0 Å². The van der Waals surface area contributed by atoms with Crippen molar-refractivity contribution in [2.45, 2.75) is 6.42 Å². The maximum Gasteiger partial charge on any atom is 0.0883 e. The molecule has 1 saturated heterocycles. The Morgan fingerprint density at radius 2 is 1.50 bits per heavy atom. The molecule has 2 amide bonds. The molecule has 16 heavy (non-hydrogen) atoms. The number of benzene rings is 1. The molecule has 2 aliphatic heterocycles. The zero-order chi connectivity index (χ0) is 10.7. The summed E-state index contributed by atoms with van der Waals surface area (Å²) in [6.45, 7) is 3.25. The molecule has 1 aromatic carbocycles. The predicted molar refractivity (Wildman–Crippen MR) is 55.4 cm³/mol. The summed E-state index contributed by atoms with van der Waals surface area (Å²) in [5.74, 6) is -0.851. The van der Waals surface area contributed by atoms with Gasteiger partial charge in [0.2, 0.25) is 0 Å². The molecule has 0 saturated carbocycles. The fourth-order valence-corrected chi connectivity index (χ4v) is 1.21. The number of hydrogen-bond donors (Lipinski definition) is 1. The first-order valence-electron chi connectivity index (χ1n) is 4.73. The fourth-order valence-electron chi connectivity index (χ4n) is 1.21. The van der Waals surface area contributed by atoms with Crippen molar-refractivity contribution >= 4 is 11.8 Å². The third kappa shape index (κ3) is 2.97. The molecule has 0 aromatic heterocycles. The first kappa shape index (κ1) is 13.5. The average Bonchev–Trinajstić information content (AvgIpc) is 2.41. The molecule has 0 spiro atoms. The number of amides is 2. The molecular weight excluding hydrogens is 281 g/mol. The molecule has 4 nitrogen and oxygen atoms in total. The Bertz CT molecular complexity index is 366. The van der Waals surface area contributed by atoms with Crippen LogP contribution in [0.15, 0.2) is 24.3 Å². The van der Waals surface area contributed by atoms with Gasteiger partial charge >= 0.3 is 0 Å². The summed E-state index contributed by atoms with van der Waals surface area (Å²) in [7, 11) is 0. The van der Waals surface area contributed by atoms with Crippen LogP contribution in [0, 0.1) is 6.54 Å². The molecule has 2 aliphatic rings. The largest absolute Gasteiger partial charge is 0.587 e. The number of hydrogen-bond acceptors (Lipinski definition) is 3. The normalized spacial score (nSPS) is 16.0. The topological polar surface area (TPSA) is 60.3 Å². The first-order chi connectivity index (χ1) is 7.29. The van der Waals surface area contributed by atoms with E-state index in [0.717, 1.165) is 0 Å². The number of fused-ring (bicyclic) bond motifs is 1. The van der Waals surface area contributed by atoms with Gasteiger partial charge in [0.05, 0.1) is 11.8 Å². The fraction of sp³-hybridized carbons (Fsp3) is 0.182. The van der Waals surface area contributed by atoms with Crippen LogP contribution in [0.4, 0.5) is 0 Å². The minimum Gasteiger partial charge on any atom is -0.587 e. The molecule has 0 aliphatic carbocycles. The second kappa shape index (κ2) is 6.23. The number of nitrogens with zero attached hydrogens (tertiary/aromatic N) is 1. The van der Waals surface area contributed by atoms with E-state index < -0.39 is 11.8 Å². The van der Waals surface area contributed by atoms with E-state index in [2.05, 4.69) is 17.2 Å². The van der Waals surface area contributed by atoms with Crippen molar-refractivity contribution in [3.63, 3.8) is 0 Å². The monoisotopic (exact) mass is 291 g/mol. The van der Waals surface area contributed by atoms with Crippen LogP contribution in [0.2, 0.25) is 0 Å². The number of carbonyl (C=O) groups excluding carboxylic acids is 2.